The fourth-order valence-electron chi connectivity index (χ4n) is 3.20. The maximum Gasteiger partial charge on any atom is 0.154 e. The number of fused-ring (bicyclic) bond motifs is 1. The van der Waals surface area contributed by atoms with E-state index >= 15 is 0 Å². The lowest BCUT2D eigenvalue weighted by molar-refractivity contribution is 0.204. The molecular formula is C23H21N3O2. The van der Waals surface area contributed by atoms with Gasteiger partial charge in [0.05, 0.1) is 5.70 Å². The number of aliphatic hydroxyl groups is 1. The fraction of sp³-hybridized carbons (Fsp3) is 0.130. The molecule has 1 atom stereocenters. The van der Waals surface area contributed by atoms with Crippen molar-refractivity contribution in [2.24, 2.45) is 10.2 Å². The molecule has 3 aromatic rings. The molecule has 5 nitrogen and oxygen atoms in total. The zero-order chi connectivity index (χ0) is 19.3. The van der Waals surface area contributed by atoms with Gasteiger partial charge in [-0.05, 0) is 42.5 Å². The number of hydrogen-bond donors (Lipinski definition) is 3. The average molecular weight is 371 g/mol. The highest BCUT2D eigenvalue weighted by Gasteiger charge is 2.18. The molecule has 1 aliphatic carbocycles. The average Bonchev–Trinajstić information content (AvgIpc) is 2.74. The SMILES string of the molecule is Oc1c(C(O)Nc2ccccc2)cc2ccccc2c1N=NC1=CCCC=C1. The number of aliphatic hydroxyl groups excluding tert-OH is 1. The first-order valence-corrected chi connectivity index (χ1v) is 9.25. The first-order chi connectivity index (χ1) is 13.7. The molecule has 0 aromatic heterocycles. The minimum absolute atomic E-state index is 0.0845. The third kappa shape index (κ3) is 3.80. The number of para-hydroxylation sites is 1. The zero-order valence-electron chi connectivity index (χ0n) is 15.3. The van der Waals surface area contributed by atoms with Crippen molar-refractivity contribution in [1.82, 2.24) is 0 Å². The lowest BCUT2D eigenvalue weighted by atomic mass is 10.0. The van der Waals surface area contributed by atoms with E-state index in [9.17, 15) is 10.2 Å². The van der Waals surface area contributed by atoms with Gasteiger partial charge in [0.15, 0.2) is 12.0 Å². The minimum Gasteiger partial charge on any atom is -0.505 e. The van der Waals surface area contributed by atoms with Crippen LogP contribution in [0.4, 0.5) is 11.4 Å². The van der Waals surface area contributed by atoms with Crippen molar-refractivity contribution in [2.75, 3.05) is 5.32 Å². The number of aromatic hydroxyl groups is 1. The van der Waals surface area contributed by atoms with Crippen LogP contribution in [0.5, 0.6) is 5.75 Å². The normalized spacial score (nSPS) is 15.0. The fourth-order valence-corrected chi connectivity index (χ4v) is 3.20. The van der Waals surface area contributed by atoms with E-state index in [1.807, 2.05) is 66.7 Å². The number of rotatable bonds is 5. The van der Waals surface area contributed by atoms with Gasteiger partial charge < -0.3 is 15.5 Å². The third-order valence-corrected chi connectivity index (χ3v) is 4.64. The van der Waals surface area contributed by atoms with Crippen LogP contribution in [0.3, 0.4) is 0 Å². The Balaban J connectivity index is 1.75. The predicted octanol–water partition coefficient (Wildman–Crippen LogP) is 5.97. The highest BCUT2D eigenvalue weighted by atomic mass is 16.3. The Morgan fingerprint density at radius 2 is 1.71 bits per heavy atom. The third-order valence-electron chi connectivity index (χ3n) is 4.64. The molecule has 0 fully saturated rings. The molecule has 0 saturated heterocycles. The summed E-state index contributed by atoms with van der Waals surface area (Å²) in [5.74, 6) is -0.0845. The summed E-state index contributed by atoms with van der Waals surface area (Å²) in [6, 6.07) is 18.7. The molecule has 28 heavy (non-hydrogen) atoms. The largest absolute Gasteiger partial charge is 0.505 e. The van der Waals surface area contributed by atoms with Gasteiger partial charge in [0.25, 0.3) is 0 Å². The highest BCUT2D eigenvalue weighted by Crippen LogP contribution is 2.41. The van der Waals surface area contributed by atoms with E-state index in [1.165, 1.54) is 0 Å². The van der Waals surface area contributed by atoms with Crippen molar-refractivity contribution in [1.29, 1.82) is 0 Å². The van der Waals surface area contributed by atoms with Gasteiger partial charge in [-0.2, -0.15) is 5.11 Å². The number of hydrogen-bond acceptors (Lipinski definition) is 5. The van der Waals surface area contributed by atoms with Crippen molar-refractivity contribution >= 4 is 22.1 Å². The number of allylic oxidation sites excluding steroid dienone is 3. The van der Waals surface area contributed by atoms with Crippen molar-refractivity contribution in [3.05, 3.63) is 90.2 Å². The lowest BCUT2D eigenvalue weighted by Crippen LogP contribution is -2.09. The van der Waals surface area contributed by atoms with Gasteiger partial charge in [0.1, 0.15) is 5.69 Å². The number of nitrogens with zero attached hydrogens (tertiary/aromatic N) is 2. The van der Waals surface area contributed by atoms with Gasteiger partial charge in [-0.3, -0.25) is 0 Å². The second-order valence-corrected chi connectivity index (χ2v) is 6.61. The van der Waals surface area contributed by atoms with Crippen molar-refractivity contribution in [3.63, 3.8) is 0 Å². The molecule has 0 saturated carbocycles. The van der Waals surface area contributed by atoms with Gasteiger partial charge in [-0.25, -0.2) is 0 Å². The van der Waals surface area contributed by atoms with E-state index in [4.69, 9.17) is 0 Å². The summed E-state index contributed by atoms with van der Waals surface area (Å²) < 4.78 is 0. The first kappa shape index (κ1) is 17.9. The smallest absolute Gasteiger partial charge is 0.154 e. The summed E-state index contributed by atoms with van der Waals surface area (Å²) in [7, 11) is 0. The lowest BCUT2D eigenvalue weighted by Gasteiger charge is -2.18. The Morgan fingerprint density at radius 3 is 2.50 bits per heavy atom. The molecule has 140 valence electrons. The van der Waals surface area contributed by atoms with Gasteiger partial charge in [0.2, 0.25) is 0 Å². The number of benzene rings is 3. The molecule has 0 heterocycles. The monoisotopic (exact) mass is 371 g/mol. The second-order valence-electron chi connectivity index (χ2n) is 6.61. The number of phenolic OH excluding ortho intramolecular Hbond substituents is 1. The Bertz CT molecular complexity index is 1070. The molecule has 0 amide bonds. The van der Waals surface area contributed by atoms with E-state index in [0.717, 1.165) is 35.0 Å². The topological polar surface area (TPSA) is 77.2 Å². The summed E-state index contributed by atoms with van der Waals surface area (Å²) in [6.07, 6.45) is 6.82. The van der Waals surface area contributed by atoms with Crippen LogP contribution < -0.4 is 5.32 Å². The summed E-state index contributed by atoms with van der Waals surface area (Å²) in [5, 5.41) is 34.8. The molecule has 4 rings (SSSR count). The molecule has 5 heteroatoms. The molecule has 3 aromatic carbocycles. The predicted molar refractivity (Wildman–Crippen MR) is 112 cm³/mol. The molecule has 1 unspecified atom stereocenters. The van der Waals surface area contributed by atoms with Gasteiger partial charge in [-0.1, -0.05) is 54.6 Å². The molecular weight excluding hydrogens is 350 g/mol. The van der Waals surface area contributed by atoms with Gasteiger partial charge >= 0.3 is 0 Å². The van der Waals surface area contributed by atoms with Crippen LogP contribution >= 0.6 is 0 Å². The van der Waals surface area contributed by atoms with E-state index in [0.29, 0.717) is 11.3 Å². The van der Waals surface area contributed by atoms with Gasteiger partial charge in [-0.15, -0.1) is 5.11 Å². The number of azo groups is 1. The van der Waals surface area contributed by atoms with Gasteiger partial charge in [0, 0.05) is 16.6 Å². The molecule has 1 aliphatic rings. The van der Waals surface area contributed by atoms with Crippen LogP contribution in [-0.2, 0) is 0 Å². The van der Waals surface area contributed by atoms with Crippen LogP contribution in [0.2, 0.25) is 0 Å². The molecule has 0 bridgehead atoms. The first-order valence-electron chi connectivity index (χ1n) is 9.25. The van der Waals surface area contributed by atoms with Crippen LogP contribution in [0, 0.1) is 0 Å². The Labute approximate surface area is 163 Å². The van der Waals surface area contributed by atoms with E-state index in [1.54, 1.807) is 6.07 Å². The van der Waals surface area contributed by atoms with Crippen LogP contribution in [0.15, 0.2) is 94.8 Å². The van der Waals surface area contributed by atoms with E-state index < -0.39 is 6.23 Å². The second kappa shape index (κ2) is 8.06. The van der Waals surface area contributed by atoms with Crippen LogP contribution in [0.1, 0.15) is 24.6 Å². The molecule has 0 spiro atoms. The highest BCUT2D eigenvalue weighted by molar-refractivity contribution is 5.96. The van der Waals surface area contributed by atoms with Crippen LogP contribution in [-0.4, -0.2) is 10.2 Å². The quantitative estimate of drug-likeness (QED) is 0.382. The van der Waals surface area contributed by atoms with Crippen molar-refractivity contribution < 1.29 is 10.2 Å². The maximum atomic E-state index is 10.9. The molecule has 3 N–H and O–H groups in total. The standard InChI is InChI=1S/C23H21N3O2/c27-22-20(23(28)24-17-10-3-1-4-11-17)15-16-9-7-8-14-19(16)21(22)26-25-18-12-5-2-6-13-18/h1,3-5,7-15,23-24,27-28H,2,6H2. The molecule has 0 radical (unpaired) electrons. The Hall–Kier alpha value is -3.44. The van der Waals surface area contributed by atoms with E-state index in [2.05, 4.69) is 21.6 Å². The Morgan fingerprint density at radius 1 is 0.929 bits per heavy atom. The summed E-state index contributed by atoms with van der Waals surface area (Å²) in [4.78, 5) is 0. The number of nitrogens with one attached hydrogen (secondary N) is 1. The summed E-state index contributed by atoms with van der Waals surface area (Å²) in [6.45, 7) is 0. The summed E-state index contributed by atoms with van der Waals surface area (Å²) in [5.41, 5.74) is 2.22. The summed E-state index contributed by atoms with van der Waals surface area (Å²) >= 11 is 0. The minimum atomic E-state index is -1.09. The number of anilines is 1. The maximum absolute atomic E-state index is 10.9. The molecule has 0 aliphatic heterocycles. The van der Waals surface area contributed by atoms with Crippen molar-refractivity contribution in [2.45, 2.75) is 19.1 Å². The number of phenols is 1. The van der Waals surface area contributed by atoms with E-state index in [-0.39, 0.29) is 5.75 Å². The van der Waals surface area contributed by atoms with Crippen molar-refractivity contribution in [3.8, 4) is 5.75 Å². The Kier molecular flexibility index (Phi) is 5.17. The zero-order valence-corrected chi connectivity index (χ0v) is 15.3. The van der Waals surface area contributed by atoms with Crippen LogP contribution in [0.25, 0.3) is 10.8 Å².